The van der Waals surface area contributed by atoms with E-state index in [0.29, 0.717) is 0 Å². The highest BCUT2D eigenvalue weighted by Crippen LogP contribution is 1.97. The molecule has 0 saturated heterocycles. The fraction of sp³-hybridized carbons (Fsp3) is 0.250. The van der Waals surface area contributed by atoms with E-state index in [1.807, 2.05) is 0 Å². The summed E-state index contributed by atoms with van der Waals surface area (Å²) in [5, 5.41) is 0. The summed E-state index contributed by atoms with van der Waals surface area (Å²) in [7, 11) is 0. The molecule has 1 heterocycles. The monoisotopic (exact) mass is 197 g/mol. The van der Waals surface area contributed by atoms with Gasteiger partial charge in [-0.1, -0.05) is 0 Å². The summed E-state index contributed by atoms with van der Waals surface area (Å²) in [5.41, 5.74) is 9.55. The predicted molar refractivity (Wildman–Crippen MR) is 48.0 cm³/mol. The molecule has 0 aliphatic heterocycles. The van der Waals surface area contributed by atoms with Gasteiger partial charge in [0.1, 0.15) is 0 Å². The first-order valence-corrected chi connectivity index (χ1v) is 4.00. The zero-order valence-electron chi connectivity index (χ0n) is 7.61. The minimum atomic E-state index is -0.674. The molecule has 76 valence electrons. The molecular weight excluding hydrogens is 186 g/mol. The Balaban J connectivity index is 2.40. The minimum Gasteiger partial charge on any atom is -0.459 e. The maximum absolute atomic E-state index is 11.2. The number of rotatable bonds is 2. The molecule has 0 aliphatic rings. The van der Waals surface area contributed by atoms with Crippen LogP contribution in [0, 0.1) is 0 Å². The molecule has 1 aromatic rings. The second kappa shape index (κ2) is 4.43. The van der Waals surface area contributed by atoms with E-state index in [1.165, 1.54) is 19.3 Å². The lowest BCUT2D eigenvalue weighted by Gasteiger charge is -2.07. The molecule has 0 saturated carbocycles. The smallest absolute Gasteiger partial charge is 0.305 e. The van der Waals surface area contributed by atoms with Gasteiger partial charge >= 0.3 is 5.91 Å². The summed E-state index contributed by atoms with van der Waals surface area (Å²) in [4.78, 5) is 22.1. The number of amides is 2. The molecule has 0 spiro atoms. The molecule has 14 heavy (non-hydrogen) atoms. The quantitative estimate of drug-likeness (QED) is 0.551. The maximum Gasteiger partial charge on any atom is 0.305 e. The number of nitrogens with two attached hydrogens (primary N) is 1. The van der Waals surface area contributed by atoms with Gasteiger partial charge in [-0.3, -0.25) is 20.4 Å². The van der Waals surface area contributed by atoms with Gasteiger partial charge in [-0.05, 0) is 19.1 Å². The van der Waals surface area contributed by atoms with Gasteiger partial charge < -0.3 is 10.2 Å². The van der Waals surface area contributed by atoms with Crippen molar-refractivity contribution in [1.82, 2.24) is 10.9 Å². The minimum absolute atomic E-state index is 0.120. The van der Waals surface area contributed by atoms with Crippen LogP contribution in [-0.4, -0.2) is 17.9 Å². The molecule has 0 aliphatic carbocycles. The molecule has 1 atom stereocenters. The summed E-state index contributed by atoms with van der Waals surface area (Å²) in [6.07, 6.45) is 1.36. The van der Waals surface area contributed by atoms with Crippen LogP contribution >= 0.6 is 0 Å². The Hall–Kier alpha value is -1.82. The zero-order chi connectivity index (χ0) is 10.6. The fourth-order valence-corrected chi connectivity index (χ4v) is 0.702. The van der Waals surface area contributed by atoms with Crippen LogP contribution in [0.15, 0.2) is 22.8 Å². The SMILES string of the molecule is C[C@H](N)C(=O)NNC(=O)c1ccco1. The van der Waals surface area contributed by atoms with Crippen molar-refractivity contribution in [3.05, 3.63) is 24.2 Å². The highest BCUT2D eigenvalue weighted by molar-refractivity contribution is 5.93. The number of nitrogens with one attached hydrogen (secondary N) is 2. The van der Waals surface area contributed by atoms with Crippen molar-refractivity contribution in [2.24, 2.45) is 5.73 Å². The summed E-state index contributed by atoms with van der Waals surface area (Å²) in [6, 6.07) is 2.38. The van der Waals surface area contributed by atoms with Crippen molar-refractivity contribution in [3.8, 4) is 0 Å². The largest absolute Gasteiger partial charge is 0.459 e. The van der Waals surface area contributed by atoms with Crippen LogP contribution in [0.4, 0.5) is 0 Å². The summed E-state index contributed by atoms with van der Waals surface area (Å²) in [5.74, 6) is -0.871. The van der Waals surface area contributed by atoms with Crippen LogP contribution in [0.3, 0.4) is 0 Å². The molecule has 0 aromatic carbocycles. The Bertz CT molecular complexity index is 319. The van der Waals surface area contributed by atoms with Crippen molar-refractivity contribution < 1.29 is 14.0 Å². The molecule has 2 amide bonds. The lowest BCUT2D eigenvalue weighted by atomic mass is 10.3. The van der Waals surface area contributed by atoms with Crippen LogP contribution in [-0.2, 0) is 4.79 Å². The fourth-order valence-electron chi connectivity index (χ4n) is 0.702. The second-order valence-electron chi connectivity index (χ2n) is 2.71. The molecular formula is C8H11N3O3. The van der Waals surface area contributed by atoms with Crippen LogP contribution in [0.1, 0.15) is 17.5 Å². The first kappa shape index (κ1) is 10.3. The lowest BCUT2D eigenvalue weighted by molar-refractivity contribution is -0.122. The second-order valence-corrected chi connectivity index (χ2v) is 2.71. The van der Waals surface area contributed by atoms with E-state index in [4.69, 9.17) is 10.2 Å². The van der Waals surface area contributed by atoms with E-state index in [2.05, 4.69) is 10.9 Å². The standard InChI is InChI=1S/C8H11N3O3/c1-5(9)7(12)10-11-8(13)6-3-2-4-14-6/h2-5H,9H2,1H3,(H,10,12)(H,11,13)/t5-/m0/s1. The topological polar surface area (TPSA) is 97.4 Å². The van der Waals surface area contributed by atoms with Gasteiger partial charge in [0.2, 0.25) is 0 Å². The molecule has 1 rings (SSSR count). The number of furan rings is 1. The van der Waals surface area contributed by atoms with Crippen LogP contribution < -0.4 is 16.6 Å². The van der Waals surface area contributed by atoms with Crippen LogP contribution in [0.2, 0.25) is 0 Å². The molecule has 6 heteroatoms. The zero-order valence-corrected chi connectivity index (χ0v) is 7.61. The number of hydrazine groups is 1. The molecule has 0 fully saturated rings. The number of carbonyl (C=O) groups excluding carboxylic acids is 2. The average Bonchev–Trinajstić information content (AvgIpc) is 2.66. The third kappa shape index (κ3) is 2.60. The lowest BCUT2D eigenvalue weighted by Crippen LogP contribution is -2.48. The third-order valence-corrected chi connectivity index (χ3v) is 1.46. The van der Waals surface area contributed by atoms with Gasteiger partial charge in [-0.15, -0.1) is 0 Å². The van der Waals surface area contributed by atoms with Gasteiger partial charge in [0.15, 0.2) is 5.76 Å². The van der Waals surface area contributed by atoms with E-state index in [0.717, 1.165) is 0 Å². The molecule has 0 radical (unpaired) electrons. The summed E-state index contributed by atoms with van der Waals surface area (Å²) in [6.45, 7) is 1.51. The van der Waals surface area contributed by atoms with Crippen molar-refractivity contribution in [1.29, 1.82) is 0 Å². The third-order valence-electron chi connectivity index (χ3n) is 1.46. The van der Waals surface area contributed by atoms with Gasteiger partial charge in [0.25, 0.3) is 5.91 Å². The number of carbonyl (C=O) groups is 2. The van der Waals surface area contributed by atoms with E-state index >= 15 is 0 Å². The van der Waals surface area contributed by atoms with E-state index in [9.17, 15) is 9.59 Å². The van der Waals surface area contributed by atoms with Crippen LogP contribution in [0.25, 0.3) is 0 Å². The van der Waals surface area contributed by atoms with Gasteiger partial charge in [-0.25, -0.2) is 0 Å². The first-order chi connectivity index (χ1) is 6.61. The average molecular weight is 197 g/mol. The van der Waals surface area contributed by atoms with Crippen molar-refractivity contribution in [2.75, 3.05) is 0 Å². The van der Waals surface area contributed by atoms with Crippen molar-refractivity contribution in [3.63, 3.8) is 0 Å². The summed E-state index contributed by atoms with van der Waals surface area (Å²) < 4.78 is 4.79. The van der Waals surface area contributed by atoms with Gasteiger partial charge in [0.05, 0.1) is 12.3 Å². The highest BCUT2D eigenvalue weighted by atomic mass is 16.3. The highest BCUT2D eigenvalue weighted by Gasteiger charge is 2.11. The van der Waals surface area contributed by atoms with E-state index < -0.39 is 17.9 Å². The van der Waals surface area contributed by atoms with Crippen molar-refractivity contribution in [2.45, 2.75) is 13.0 Å². The Labute approximate surface area is 80.4 Å². The van der Waals surface area contributed by atoms with Crippen molar-refractivity contribution >= 4 is 11.8 Å². The molecule has 0 unspecified atom stereocenters. The Morgan fingerprint density at radius 1 is 1.50 bits per heavy atom. The van der Waals surface area contributed by atoms with Gasteiger partial charge in [0, 0.05) is 0 Å². The summed E-state index contributed by atoms with van der Waals surface area (Å²) >= 11 is 0. The normalized spacial score (nSPS) is 11.9. The first-order valence-electron chi connectivity index (χ1n) is 4.00. The maximum atomic E-state index is 11.2. The Morgan fingerprint density at radius 2 is 2.21 bits per heavy atom. The molecule has 1 aromatic heterocycles. The molecule has 0 bridgehead atoms. The van der Waals surface area contributed by atoms with E-state index in [1.54, 1.807) is 6.07 Å². The number of hydrogen-bond acceptors (Lipinski definition) is 4. The van der Waals surface area contributed by atoms with Crippen LogP contribution in [0.5, 0.6) is 0 Å². The molecule has 6 nitrogen and oxygen atoms in total. The Morgan fingerprint density at radius 3 is 2.71 bits per heavy atom. The Kier molecular flexibility index (Phi) is 3.24. The predicted octanol–water partition coefficient (Wildman–Crippen LogP) is -0.612. The molecule has 4 N–H and O–H groups in total. The number of hydrogen-bond donors (Lipinski definition) is 3. The van der Waals surface area contributed by atoms with E-state index in [-0.39, 0.29) is 5.76 Å². The van der Waals surface area contributed by atoms with Gasteiger partial charge in [-0.2, -0.15) is 0 Å².